The second kappa shape index (κ2) is 6.73. The van der Waals surface area contributed by atoms with Crippen LogP contribution in [0, 0.1) is 18.8 Å². The zero-order valence-corrected chi connectivity index (χ0v) is 11.3. The average molecular weight is 218 g/mol. The van der Waals surface area contributed by atoms with Crippen molar-refractivity contribution in [2.24, 2.45) is 11.8 Å². The van der Waals surface area contributed by atoms with Crippen molar-refractivity contribution in [1.29, 1.82) is 0 Å². The lowest BCUT2D eigenvalue weighted by atomic mass is 9.92. The Morgan fingerprint density at radius 2 is 1.50 bits per heavy atom. The normalized spacial score (nSPS) is 14.8. The first-order valence-corrected chi connectivity index (χ1v) is 6.67. The predicted octanol–water partition coefficient (Wildman–Crippen LogP) is 5.00. The van der Waals surface area contributed by atoms with Crippen molar-refractivity contribution in [3.63, 3.8) is 0 Å². The van der Waals surface area contributed by atoms with Crippen LogP contribution in [0.1, 0.15) is 51.2 Å². The Morgan fingerprint density at radius 1 is 0.938 bits per heavy atom. The summed E-state index contributed by atoms with van der Waals surface area (Å²) >= 11 is 0. The molecule has 16 heavy (non-hydrogen) atoms. The summed E-state index contributed by atoms with van der Waals surface area (Å²) in [6.45, 7) is 9.17. The van der Waals surface area contributed by atoms with Crippen molar-refractivity contribution < 1.29 is 0 Å². The molecule has 0 radical (unpaired) electrons. The SMILES string of the molecule is CCC(C)CCC(C)Cc1ccc(C)cc1. The number of rotatable bonds is 6. The Morgan fingerprint density at radius 3 is 2.06 bits per heavy atom. The summed E-state index contributed by atoms with van der Waals surface area (Å²) in [6, 6.07) is 8.98. The minimum absolute atomic E-state index is 0.816. The van der Waals surface area contributed by atoms with Crippen LogP contribution in [0.3, 0.4) is 0 Å². The van der Waals surface area contributed by atoms with E-state index in [0.717, 1.165) is 11.8 Å². The molecule has 0 nitrogen and oxygen atoms in total. The molecular weight excluding hydrogens is 192 g/mol. The second-order valence-corrected chi connectivity index (χ2v) is 5.39. The number of benzene rings is 1. The van der Waals surface area contributed by atoms with Gasteiger partial charge in [0.25, 0.3) is 0 Å². The lowest BCUT2D eigenvalue weighted by Crippen LogP contribution is -2.03. The topological polar surface area (TPSA) is 0 Å². The van der Waals surface area contributed by atoms with Gasteiger partial charge in [-0.3, -0.25) is 0 Å². The number of aryl methyl sites for hydroxylation is 1. The summed E-state index contributed by atoms with van der Waals surface area (Å²) < 4.78 is 0. The van der Waals surface area contributed by atoms with E-state index in [0.29, 0.717) is 0 Å². The first-order valence-electron chi connectivity index (χ1n) is 6.67. The van der Waals surface area contributed by atoms with Crippen molar-refractivity contribution in [2.45, 2.75) is 53.4 Å². The van der Waals surface area contributed by atoms with E-state index in [1.54, 1.807) is 0 Å². The van der Waals surface area contributed by atoms with Gasteiger partial charge in [0, 0.05) is 0 Å². The molecule has 0 aromatic heterocycles. The standard InChI is InChI=1S/C16H26/c1-5-13(2)6-7-15(4)12-16-10-8-14(3)9-11-16/h8-11,13,15H,5-7,12H2,1-4H3. The van der Waals surface area contributed by atoms with Crippen molar-refractivity contribution in [1.82, 2.24) is 0 Å². The highest BCUT2D eigenvalue weighted by Gasteiger charge is 2.06. The van der Waals surface area contributed by atoms with E-state index in [-0.39, 0.29) is 0 Å². The van der Waals surface area contributed by atoms with Crippen LogP contribution in [0.15, 0.2) is 24.3 Å². The smallest absolute Gasteiger partial charge is 0.0253 e. The molecule has 0 bridgehead atoms. The van der Waals surface area contributed by atoms with Crippen LogP contribution in [0.4, 0.5) is 0 Å². The van der Waals surface area contributed by atoms with Crippen LogP contribution in [-0.2, 0) is 6.42 Å². The summed E-state index contributed by atoms with van der Waals surface area (Å²) in [5.41, 5.74) is 2.85. The zero-order chi connectivity index (χ0) is 12.0. The van der Waals surface area contributed by atoms with Gasteiger partial charge in [-0.1, -0.05) is 69.9 Å². The maximum Gasteiger partial charge on any atom is -0.0253 e. The monoisotopic (exact) mass is 218 g/mol. The van der Waals surface area contributed by atoms with Gasteiger partial charge in [-0.05, 0) is 30.7 Å². The molecule has 0 aliphatic rings. The molecule has 0 aliphatic heterocycles. The third-order valence-corrected chi connectivity index (χ3v) is 3.55. The molecule has 0 fully saturated rings. The molecule has 1 rings (SSSR count). The van der Waals surface area contributed by atoms with E-state index in [4.69, 9.17) is 0 Å². The van der Waals surface area contributed by atoms with E-state index < -0.39 is 0 Å². The van der Waals surface area contributed by atoms with Crippen LogP contribution < -0.4 is 0 Å². The lowest BCUT2D eigenvalue weighted by Gasteiger charge is -2.14. The molecule has 0 saturated carbocycles. The summed E-state index contributed by atoms with van der Waals surface area (Å²) in [5.74, 6) is 1.71. The first kappa shape index (κ1) is 13.3. The zero-order valence-electron chi connectivity index (χ0n) is 11.3. The summed E-state index contributed by atoms with van der Waals surface area (Å²) in [7, 11) is 0. The molecule has 0 heterocycles. The van der Waals surface area contributed by atoms with Gasteiger partial charge in [0.15, 0.2) is 0 Å². The predicted molar refractivity (Wildman–Crippen MR) is 72.7 cm³/mol. The molecule has 0 spiro atoms. The maximum absolute atomic E-state index is 2.38. The van der Waals surface area contributed by atoms with Gasteiger partial charge in [0.2, 0.25) is 0 Å². The molecule has 90 valence electrons. The molecule has 0 aliphatic carbocycles. The summed E-state index contributed by atoms with van der Waals surface area (Å²) in [6.07, 6.45) is 5.29. The quantitative estimate of drug-likeness (QED) is 0.630. The minimum atomic E-state index is 0.816. The van der Waals surface area contributed by atoms with E-state index in [2.05, 4.69) is 52.0 Å². The van der Waals surface area contributed by atoms with Gasteiger partial charge < -0.3 is 0 Å². The van der Waals surface area contributed by atoms with Crippen molar-refractivity contribution >= 4 is 0 Å². The highest BCUT2D eigenvalue weighted by Crippen LogP contribution is 2.18. The Labute approximate surface area is 101 Å². The van der Waals surface area contributed by atoms with Gasteiger partial charge >= 0.3 is 0 Å². The van der Waals surface area contributed by atoms with Crippen molar-refractivity contribution in [2.75, 3.05) is 0 Å². The number of hydrogen-bond acceptors (Lipinski definition) is 0. The molecular formula is C16H26. The molecule has 1 aromatic carbocycles. The number of hydrogen-bond donors (Lipinski definition) is 0. The Balaban J connectivity index is 2.33. The fraction of sp³-hybridized carbons (Fsp3) is 0.625. The van der Waals surface area contributed by atoms with Gasteiger partial charge in [-0.2, -0.15) is 0 Å². The molecule has 2 atom stereocenters. The third-order valence-electron chi connectivity index (χ3n) is 3.55. The maximum atomic E-state index is 2.38. The van der Waals surface area contributed by atoms with Crippen LogP contribution in [-0.4, -0.2) is 0 Å². The highest BCUT2D eigenvalue weighted by atomic mass is 14.1. The largest absolute Gasteiger partial charge is 0.0651 e. The molecule has 2 unspecified atom stereocenters. The molecule has 1 aromatic rings. The Kier molecular flexibility index (Phi) is 5.59. The van der Waals surface area contributed by atoms with Gasteiger partial charge in [-0.25, -0.2) is 0 Å². The Hall–Kier alpha value is -0.780. The summed E-state index contributed by atoms with van der Waals surface area (Å²) in [5, 5.41) is 0. The van der Waals surface area contributed by atoms with E-state index in [1.165, 1.54) is 36.8 Å². The van der Waals surface area contributed by atoms with E-state index >= 15 is 0 Å². The minimum Gasteiger partial charge on any atom is -0.0651 e. The average Bonchev–Trinajstić information content (AvgIpc) is 2.29. The van der Waals surface area contributed by atoms with Gasteiger partial charge in [0.1, 0.15) is 0 Å². The Bertz CT molecular complexity index is 283. The van der Waals surface area contributed by atoms with Crippen molar-refractivity contribution in [3.8, 4) is 0 Å². The molecule has 0 heteroatoms. The second-order valence-electron chi connectivity index (χ2n) is 5.39. The fourth-order valence-electron chi connectivity index (χ4n) is 2.00. The fourth-order valence-corrected chi connectivity index (χ4v) is 2.00. The van der Waals surface area contributed by atoms with E-state index in [1.807, 2.05) is 0 Å². The molecule has 0 N–H and O–H groups in total. The first-order chi connectivity index (χ1) is 7.61. The summed E-state index contributed by atoms with van der Waals surface area (Å²) in [4.78, 5) is 0. The highest BCUT2D eigenvalue weighted by molar-refractivity contribution is 5.21. The van der Waals surface area contributed by atoms with Crippen LogP contribution >= 0.6 is 0 Å². The van der Waals surface area contributed by atoms with Crippen LogP contribution in [0.2, 0.25) is 0 Å². The van der Waals surface area contributed by atoms with Crippen molar-refractivity contribution in [3.05, 3.63) is 35.4 Å². The van der Waals surface area contributed by atoms with Gasteiger partial charge in [0.05, 0.1) is 0 Å². The van der Waals surface area contributed by atoms with Gasteiger partial charge in [-0.15, -0.1) is 0 Å². The van der Waals surface area contributed by atoms with Crippen LogP contribution in [0.5, 0.6) is 0 Å². The van der Waals surface area contributed by atoms with E-state index in [9.17, 15) is 0 Å². The molecule has 0 saturated heterocycles. The third kappa shape index (κ3) is 4.83. The van der Waals surface area contributed by atoms with Crippen LogP contribution in [0.25, 0.3) is 0 Å². The molecule has 0 amide bonds. The lowest BCUT2D eigenvalue weighted by molar-refractivity contribution is 0.421.